The van der Waals surface area contributed by atoms with Gasteiger partial charge in [-0.1, -0.05) is 0 Å². The summed E-state index contributed by atoms with van der Waals surface area (Å²) in [6, 6.07) is 3.32. The predicted molar refractivity (Wildman–Crippen MR) is 67.0 cm³/mol. The Balaban J connectivity index is 3.12. The first kappa shape index (κ1) is 15.0. The Morgan fingerprint density at radius 3 is 2.21 bits per heavy atom. The van der Waals surface area contributed by atoms with Crippen LogP contribution < -0.4 is 0 Å². The monoisotopic (exact) mass is 265 g/mol. The third-order valence-electron chi connectivity index (χ3n) is 2.33. The highest BCUT2D eigenvalue weighted by Gasteiger charge is 2.27. The molecule has 6 heteroatoms. The molecule has 19 heavy (non-hydrogen) atoms. The quantitative estimate of drug-likeness (QED) is 0.249. The SMILES string of the molecule is COC(=O)/C(=C\c1ccncc1)C(=O)C(OC)OC. The van der Waals surface area contributed by atoms with Gasteiger partial charge >= 0.3 is 5.97 Å². The van der Waals surface area contributed by atoms with Crippen LogP contribution >= 0.6 is 0 Å². The van der Waals surface area contributed by atoms with Crippen LogP contribution in [-0.4, -0.2) is 44.4 Å². The van der Waals surface area contributed by atoms with Gasteiger partial charge in [0.25, 0.3) is 0 Å². The molecule has 0 spiro atoms. The normalized spacial score (nSPS) is 11.5. The number of esters is 1. The number of ether oxygens (including phenoxy) is 3. The maximum atomic E-state index is 12.1. The molecule has 0 aliphatic carbocycles. The molecule has 6 nitrogen and oxygen atoms in total. The van der Waals surface area contributed by atoms with E-state index < -0.39 is 18.0 Å². The fraction of sp³-hybridized carbons (Fsp3) is 0.308. The third-order valence-corrected chi connectivity index (χ3v) is 2.33. The Morgan fingerprint density at radius 1 is 1.16 bits per heavy atom. The number of aromatic nitrogens is 1. The van der Waals surface area contributed by atoms with Gasteiger partial charge in [0.15, 0.2) is 0 Å². The Labute approximate surface area is 111 Å². The maximum absolute atomic E-state index is 12.1. The van der Waals surface area contributed by atoms with E-state index in [1.807, 2.05) is 0 Å². The molecule has 1 aromatic rings. The second-order valence-electron chi connectivity index (χ2n) is 3.50. The topological polar surface area (TPSA) is 74.7 Å². The summed E-state index contributed by atoms with van der Waals surface area (Å²) in [5.41, 5.74) is 0.497. The van der Waals surface area contributed by atoms with Crippen LogP contribution in [-0.2, 0) is 23.8 Å². The number of pyridine rings is 1. The number of nitrogens with zero attached hydrogens (tertiary/aromatic N) is 1. The van der Waals surface area contributed by atoms with Crippen LogP contribution in [0, 0.1) is 0 Å². The van der Waals surface area contributed by atoms with Gasteiger partial charge in [-0.05, 0) is 23.8 Å². The zero-order valence-corrected chi connectivity index (χ0v) is 11.0. The molecule has 0 saturated carbocycles. The maximum Gasteiger partial charge on any atom is 0.341 e. The van der Waals surface area contributed by atoms with Crippen molar-refractivity contribution in [1.82, 2.24) is 4.98 Å². The summed E-state index contributed by atoms with van der Waals surface area (Å²) in [6.07, 6.45) is 3.36. The molecule has 0 radical (unpaired) electrons. The summed E-state index contributed by atoms with van der Waals surface area (Å²) >= 11 is 0. The average Bonchev–Trinajstić information content (AvgIpc) is 2.46. The lowest BCUT2D eigenvalue weighted by Gasteiger charge is -2.13. The fourth-order valence-electron chi connectivity index (χ4n) is 1.40. The van der Waals surface area contributed by atoms with E-state index in [9.17, 15) is 9.59 Å². The van der Waals surface area contributed by atoms with Gasteiger partial charge in [-0.2, -0.15) is 0 Å². The smallest absolute Gasteiger partial charge is 0.341 e. The number of carbonyl (C=O) groups is 2. The van der Waals surface area contributed by atoms with Gasteiger partial charge in [0.1, 0.15) is 5.57 Å². The van der Waals surface area contributed by atoms with Gasteiger partial charge in [0.2, 0.25) is 12.1 Å². The summed E-state index contributed by atoms with van der Waals surface area (Å²) in [5, 5.41) is 0. The molecule has 0 unspecified atom stereocenters. The van der Waals surface area contributed by atoms with Gasteiger partial charge in [0.05, 0.1) is 7.11 Å². The number of rotatable bonds is 6. The van der Waals surface area contributed by atoms with E-state index in [2.05, 4.69) is 9.72 Å². The molecule has 0 saturated heterocycles. The van der Waals surface area contributed by atoms with Crippen LogP contribution in [0.1, 0.15) is 5.56 Å². The van der Waals surface area contributed by atoms with Crippen LogP contribution in [0.2, 0.25) is 0 Å². The molecule has 0 fully saturated rings. The summed E-state index contributed by atoms with van der Waals surface area (Å²) in [4.78, 5) is 27.6. The van der Waals surface area contributed by atoms with Crippen molar-refractivity contribution in [2.45, 2.75) is 6.29 Å². The number of ketones is 1. The minimum atomic E-state index is -1.15. The van der Waals surface area contributed by atoms with Gasteiger partial charge in [-0.15, -0.1) is 0 Å². The van der Waals surface area contributed by atoms with E-state index in [0.29, 0.717) is 5.56 Å². The van der Waals surface area contributed by atoms with Crippen molar-refractivity contribution in [3.05, 3.63) is 35.7 Å². The van der Waals surface area contributed by atoms with Crippen LogP contribution in [0.5, 0.6) is 0 Å². The molecule has 0 atom stereocenters. The Morgan fingerprint density at radius 2 is 1.74 bits per heavy atom. The van der Waals surface area contributed by atoms with Gasteiger partial charge in [-0.25, -0.2) is 4.79 Å². The highest BCUT2D eigenvalue weighted by Crippen LogP contribution is 2.12. The first-order valence-corrected chi connectivity index (χ1v) is 5.43. The molecular formula is C13H15NO5. The van der Waals surface area contributed by atoms with Crippen LogP contribution in [0.3, 0.4) is 0 Å². The zero-order chi connectivity index (χ0) is 14.3. The molecule has 1 rings (SSSR count). The molecule has 1 aromatic heterocycles. The highest BCUT2D eigenvalue weighted by molar-refractivity contribution is 6.21. The molecule has 0 aliphatic rings. The molecule has 102 valence electrons. The van der Waals surface area contributed by atoms with Crippen LogP contribution in [0.25, 0.3) is 6.08 Å². The van der Waals surface area contributed by atoms with Crippen molar-refractivity contribution in [3.63, 3.8) is 0 Å². The predicted octanol–water partition coefficient (Wildman–Crippen LogP) is 0.826. The van der Waals surface area contributed by atoms with E-state index >= 15 is 0 Å². The largest absolute Gasteiger partial charge is 0.465 e. The van der Waals surface area contributed by atoms with Crippen molar-refractivity contribution < 1.29 is 23.8 Å². The van der Waals surface area contributed by atoms with E-state index in [1.54, 1.807) is 24.5 Å². The number of hydrogen-bond acceptors (Lipinski definition) is 6. The second kappa shape index (κ2) is 7.40. The molecule has 0 amide bonds. The van der Waals surface area contributed by atoms with Crippen LogP contribution in [0.15, 0.2) is 30.1 Å². The fourth-order valence-corrected chi connectivity index (χ4v) is 1.40. The van der Waals surface area contributed by atoms with E-state index in [-0.39, 0.29) is 5.57 Å². The second-order valence-corrected chi connectivity index (χ2v) is 3.50. The highest BCUT2D eigenvalue weighted by atomic mass is 16.7. The average molecular weight is 265 g/mol. The Hall–Kier alpha value is -2.05. The van der Waals surface area contributed by atoms with E-state index in [4.69, 9.17) is 9.47 Å². The minimum Gasteiger partial charge on any atom is -0.465 e. The third kappa shape index (κ3) is 3.97. The first-order valence-electron chi connectivity index (χ1n) is 5.43. The lowest BCUT2D eigenvalue weighted by atomic mass is 10.1. The molecular weight excluding hydrogens is 250 g/mol. The zero-order valence-electron chi connectivity index (χ0n) is 11.0. The number of carbonyl (C=O) groups excluding carboxylic acids is 2. The van der Waals surface area contributed by atoms with Gasteiger partial charge in [0, 0.05) is 26.6 Å². The number of methoxy groups -OCH3 is 3. The Kier molecular flexibility index (Phi) is 5.84. The summed E-state index contributed by atoms with van der Waals surface area (Å²) in [6.45, 7) is 0. The summed E-state index contributed by atoms with van der Waals surface area (Å²) in [7, 11) is 3.82. The Bertz CT molecular complexity index is 465. The lowest BCUT2D eigenvalue weighted by Crippen LogP contribution is -2.29. The minimum absolute atomic E-state index is 0.151. The summed E-state index contributed by atoms with van der Waals surface area (Å²) < 4.78 is 14.3. The van der Waals surface area contributed by atoms with E-state index in [1.165, 1.54) is 27.4 Å². The first-order chi connectivity index (χ1) is 9.13. The van der Waals surface area contributed by atoms with Gasteiger partial charge < -0.3 is 14.2 Å². The van der Waals surface area contributed by atoms with Gasteiger partial charge in [-0.3, -0.25) is 9.78 Å². The molecule has 0 aliphatic heterocycles. The molecule has 1 heterocycles. The standard InChI is InChI=1S/C13H15NO5/c1-17-12(16)10(11(15)13(18-2)19-3)8-9-4-6-14-7-5-9/h4-8,13H,1-3H3/b10-8-. The van der Waals surface area contributed by atoms with Crippen LogP contribution in [0.4, 0.5) is 0 Å². The number of Topliss-reactive ketones (excluding diaryl/α,β-unsaturated/α-hetero) is 1. The number of hydrogen-bond donors (Lipinski definition) is 0. The summed E-state index contributed by atoms with van der Waals surface area (Å²) in [5.74, 6) is -1.35. The van der Waals surface area contributed by atoms with Crippen molar-refractivity contribution >= 4 is 17.8 Å². The lowest BCUT2D eigenvalue weighted by molar-refractivity contribution is -0.155. The molecule has 0 N–H and O–H groups in total. The molecule has 0 aromatic carbocycles. The van der Waals surface area contributed by atoms with Crippen molar-refractivity contribution in [2.75, 3.05) is 21.3 Å². The van der Waals surface area contributed by atoms with Crippen molar-refractivity contribution in [2.24, 2.45) is 0 Å². The van der Waals surface area contributed by atoms with E-state index in [0.717, 1.165) is 0 Å². The van der Waals surface area contributed by atoms with Crippen molar-refractivity contribution in [3.8, 4) is 0 Å². The molecule has 0 bridgehead atoms. The van der Waals surface area contributed by atoms with Crippen molar-refractivity contribution in [1.29, 1.82) is 0 Å².